The van der Waals surface area contributed by atoms with Crippen LogP contribution in [0.15, 0.2) is 188 Å². The van der Waals surface area contributed by atoms with E-state index in [1.807, 2.05) is 97.1 Å². The van der Waals surface area contributed by atoms with E-state index in [9.17, 15) is 59.7 Å². The molecule has 4 unspecified atom stereocenters. The number of hydrogen-bond acceptors (Lipinski definition) is 23. The van der Waals surface area contributed by atoms with Crippen molar-refractivity contribution in [2.75, 3.05) is 137 Å². The Hall–Kier alpha value is -6.90. The Balaban J connectivity index is 0.000000313. The van der Waals surface area contributed by atoms with Crippen molar-refractivity contribution in [2.45, 2.75) is 161 Å². The molecule has 0 saturated carbocycles. The van der Waals surface area contributed by atoms with Gasteiger partial charge in [0.2, 0.25) is 0 Å². The average Bonchev–Trinajstić information content (AvgIpc) is 0.780. The smallest absolute Gasteiger partial charge is 0.870 e. The van der Waals surface area contributed by atoms with Gasteiger partial charge in [-0.2, -0.15) is 0 Å². The summed E-state index contributed by atoms with van der Waals surface area (Å²) < 4.78 is 36.6. The number of aliphatic hydroxyl groups is 5. The molecule has 4 saturated heterocycles. The number of alkyl halides is 2. The first-order valence-corrected chi connectivity index (χ1v) is 53.0. The van der Waals surface area contributed by atoms with Gasteiger partial charge in [0.1, 0.15) is 56.6 Å². The van der Waals surface area contributed by atoms with Crippen molar-refractivity contribution in [3.8, 4) is 28.7 Å². The molecule has 13 rings (SSSR count). The number of aliphatic hydroxyl groups excluding tert-OH is 1. The Morgan fingerprint density at radius 1 is 0.349 bits per heavy atom. The molecule has 10 N–H and O–H groups in total. The topological polar surface area (TPSA) is 364 Å². The van der Waals surface area contributed by atoms with E-state index in [4.69, 9.17) is 133 Å². The van der Waals surface area contributed by atoms with E-state index in [1.54, 1.807) is 54.6 Å². The minimum absolute atomic E-state index is 0. The largest absolute Gasteiger partial charge is 1.00 e. The number of halogens is 11. The SMILES string of the molecule is CC1(C)CN(CCCOc2ccc(Cl)cc2C(=O)O)CCC1(O)Cc1ccc(Cl)cc1.CC1(C)CN(CCCOc2ccc(Cl)cc2C(=O)O)CCC1(O)Cc1ccc(Cl)cc1.CC1(C)CNCCC1(O)Cc1ccc(Cl)cc1.COC(=O)c1cc(Cl)ccc1O.COC(=O)c1cc(Cl)ccc1OCCCBr.COC(=O)c1cc(Cl)ccc1OCCCN1CCC(O)(Cc2ccc(Cl)cc2)C(C)(C)C1.OCCCBr.[Li+].[OH-]. The number of aromatic carboxylic acids is 2. The molecule has 4 aliphatic rings. The van der Waals surface area contributed by atoms with E-state index < -0.39 is 52.3 Å². The molecule has 4 atom stereocenters. The Bertz CT molecular complexity index is 5420. The third-order valence-electron chi connectivity index (χ3n) is 26.2. The van der Waals surface area contributed by atoms with Crippen molar-refractivity contribution >= 4 is 166 Å². The van der Waals surface area contributed by atoms with Gasteiger partial charge in [0, 0.05) is 175 Å². The van der Waals surface area contributed by atoms with Crippen molar-refractivity contribution in [3.05, 3.63) is 283 Å². The summed E-state index contributed by atoms with van der Waals surface area (Å²) in [5, 5.41) is 90.9. The van der Waals surface area contributed by atoms with Crippen LogP contribution in [0.1, 0.15) is 187 Å². The second-order valence-electron chi connectivity index (χ2n) is 38.5. The van der Waals surface area contributed by atoms with Crippen molar-refractivity contribution in [2.24, 2.45) is 21.7 Å². The van der Waals surface area contributed by atoms with Crippen LogP contribution in [0.2, 0.25) is 45.2 Å². The fourth-order valence-electron chi connectivity index (χ4n) is 17.1. The summed E-state index contributed by atoms with van der Waals surface area (Å²) >= 11 is 59.4. The Kier molecular flexibility index (Phi) is 55.3. The molecule has 4 heterocycles. The first-order valence-electron chi connectivity index (χ1n) is 47.4. The van der Waals surface area contributed by atoms with E-state index in [1.165, 1.54) is 57.7 Å². The van der Waals surface area contributed by atoms with Gasteiger partial charge in [-0.05, 0) is 226 Å². The zero-order valence-electron chi connectivity index (χ0n) is 84.7. The first-order chi connectivity index (χ1) is 68.0. The zero-order chi connectivity index (χ0) is 106. The van der Waals surface area contributed by atoms with Gasteiger partial charge in [-0.3, -0.25) is 0 Å². The van der Waals surface area contributed by atoms with Crippen LogP contribution in [0.5, 0.6) is 28.7 Å². The number of carboxylic acid groups (broad SMARTS) is 2. The number of hydrogen-bond donors (Lipinski definition) is 9. The summed E-state index contributed by atoms with van der Waals surface area (Å²) in [7, 11) is 3.90. The molecule has 25 nitrogen and oxygen atoms in total. The summed E-state index contributed by atoms with van der Waals surface area (Å²) in [6.45, 7) is 28.1. The summed E-state index contributed by atoms with van der Waals surface area (Å²) in [4.78, 5) is 64.1. The van der Waals surface area contributed by atoms with Gasteiger partial charge < -0.3 is 99.5 Å². The molecule has 146 heavy (non-hydrogen) atoms. The standard InChI is InChI=1S/C25H31Cl2NO4.2C24H29Cl2NO4.C14H20ClNO.C11H12BrClO3.C8H7ClO3.C3H7BrO.Li.H2O/c1-24(2)17-28(13-11-25(24,30)16-18-5-7-19(26)8-6-18)12-4-14-32-22-10-9-20(27)15-21(22)23(29)31-3;2*1-23(2)16-27(12-10-24(23,30)15-17-4-6-18(25)7-5-17)11-3-13-31-21-9-8-19(26)14-20(21)22(28)29;1-13(2)10-16-8-7-14(13,17)9-11-3-5-12(15)6-4-11;1-15-11(14)9-7-8(13)3-4-10(9)16-6-2-5-12;1-12-8(11)6-4-5(9)2-3-7(6)10;4-2-1-3-5;;/h5-10,15,30H,4,11-14,16-17H2,1-3H3;2*4-9,14,30H,3,10-13,15-16H2,1-2H3,(H,28,29);3-6,16-17H,7-10H2,1-2H3;3-4,7H,2,5-6H2,1H3;2-4,10H,1H3;5H,1-3H2;;1H2/q;;;;;;;+1;/p-1. The molecule has 0 amide bonds. The molecule has 9 aromatic carbocycles. The molecular weight excluding hydrogens is 2190 g/mol. The number of carboxylic acids is 2. The molecule has 0 bridgehead atoms. The monoisotopic (exact) mass is 2320 g/mol. The third kappa shape index (κ3) is 40.6. The van der Waals surface area contributed by atoms with Crippen LogP contribution >= 0.6 is 136 Å². The first kappa shape index (κ1) is 130. The molecule has 796 valence electrons. The van der Waals surface area contributed by atoms with Crippen molar-refractivity contribution in [1.29, 1.82) is 0 Å². The molecule has 0 aliphatic carbocycles. The summed E-state index contributed by atoms with van der Waals surface area (Å²) in [6.07, 6.45) is 9.41. The number of esters is 3. The fourth-order valence-corrected chi connectivity index (χ4v) is 19.0. The molecule has 0 spiro atoms. The Morgan fingerprint density at radius 3 is 0.849 bits per heavy atom. The molecule has 0 aromatic heterocycles. The van der Waals surface area contributed by atoms with Crippen LogP contribution in [0, 0.1) is 21.7 Å². The van der Waals surface area contributed by atoms with Crippen molar-refractivity contribution in [1.82, 2.24) is 20.0 Å². The number of nitrogens with one attached hydrogen (secondary N) is 1. The van der Waals surface area contributed by atoms with E-state index in [0.29, 0.717) is 152 Å². The van der Waals surface area contributed by atoms with Gasteiger partial charge in [0.05, 0.1) is 70.2 Å². The van der Waals surface area contributed by atoms with Gasteiger partial charge in [-0.25, -0.2) is 24.0 Å². The summed E-state index contributed by atoms with van der Waals surface area (Å²) in [6, 6.07) is 54.0. The molecule has 4 aliphatic heterocycles. The maximum absolute atomic E-state index is 11.9. The molecule has 37 heteroatoms. The van der Waals surface area contributed by atoms with Gasteiger partial charge >= 0.3 is 48.7 Å². The molecular formula is C109H136Br2Cl9LiN4O21. The van der Waals surface area contributed by atoms with Crippen LogP contribution in [0.3, 0.4) is 0 Å². The number of ether oxygens (including phenoxy) is 7. The van der Waals surface area contributed by atoms with Crippen LogP contribution in [-0.2, 0) is 39.9 Å². The Labute approximate surface area is 932 Å². The van der Waals surface area contributed by atoms with Gasteiger partial charge in [0.15, 0.2) is 0 Å². The minimum atomic E-state index is -1.06. The van der Waals surface area contributed by atoms with Crippen LogP contribution in [0.25, 0.3) is 0 Å². The number of carbonyl (C=O) groups excluding carboxylic acids is 3. The molecule has 9 aromatic rings. The number of aromatic hydroxyl groups is 1. The fraction of sp³-hybridized carbons (Fsp3) is 0.459. The van der Waals surface area contributed by atoms with Gasteiger partial charge in [-0.1, -0.05) is 240 Å². The second-order valence-corrected chi connectivity index (χ2v) is 44.0. The second kappa shape index (κ2) is 62.3. The third-order valence-corrected chi connectivity index (χ3v) is 29.5. The normalized spacial score (nSPS) is 18.9. The number of phenols is 1. The number of piperidine rings is 4. The maximum atomic E-state index is 11.9. The number of methoxy groups -OCH3 is 3. The number of carbonyl (C=O) groups is 5. The molecule has 4 fully saturated rings. The van der Waals surface area contributed by atoms with E-state index >= 15 is 0 Å². The van der Waals surface area contributed by atoms with Crippen LogP contribution in [-0.4, -0.2) is 250 Å². The predicted molar refractivity (Wildman–Crippen MR) is 585 cm³/mol. The number of nitrogens with zero attached hydrogens (tertiary/aromatic N) is 3. The zero-order valence-corrected chi connectivity index (χ0v) is 94.7. The molecule has 0 radical (unpaired) electrons. The minimum Gasteiger partial charge on any atom is -0.870 e. The van der Waals surface area contributed by atoms with E-state index in [2.05, 4.69) is 117 Å². The van der Waals surface area contributed by atoms with Crippen LogP contribution in [0.4, 0.5) is 0 Å². The van der Waals surface area contributed by atoms with Gasteiger partial charge in [-0.15, -0.1) is 0 Å². The van der Waals surface area contributed by atoms with E-state index in [0.717, 1.165) is 148 Å². The van der Waals surface area contributed by atoms with Crippen molar-refractivity contribution in [3.63, 3.8) is 0 Å². The number of rotatable bonds is 34. The summed E-state index contributed by atoms with van der Waals surface area (Å²) in [5.41, 5.74) is 1.39. The van der Waals surface area contributed by atoms with Gasteiger partial charge in [0.25, 0.3) is 0 Å². The quantitative estimate of drug-likeness (QED) is 0.00594. The number of likely N-dealkylation sites (tertiary alicyclic amines) is 3. The number of phenolic OH excluding ortho intramolecular Hbond substituents is 1. The maximum Gasteiger partial charge on any atom is 1.00 e. The summed E-state index contributed by atoms with van der Waals surface area (Å²) in [5.74, 6) is -2.15. The Morgan fingerprint density at radius 2 is 0.596 bits per heavy atom. The number of benzene rings is 9. The average molecular weight is 2320 g/mol. The van der Waals surface area contributed by atoms with Crippen molar-refractivity contribution < 1.29 is 122 Å². The van der Waals surface area contributed by atoms with E-state index in [-0.39, 0.29) is 68.4 Å². The van der Waals surface area contributed by atoms with Crippen LogP contribution < -0.4 is 43.1 Å². The predicted octanol–water partition coefficient (Wildman–Crippen LogP) is 20.9.